The molecule has 2 N–H and O–H groups in total. The van der Waals surface area contributed by atoms with Crippen molar-refractivity contribution in [2.45, 2.75) is 53.0 Å². The fourth-order valence-electron chi connectivity index (χ4n) is 3.33. The maximum Gasteiger partial charge on any atom is 0.128 e. The molecular weight excluding hydrogens is 248 g/mol. The van der Waals surface area contributed by atoms with Crippen molar-refractivity contribution in [1.82, 2.24) is 4.98 Å². The molecule has 1 aliphatic carbocycles. The van der Waals surface area contributed by atoms with Gasteiger partial charge in [0.25, 0.3) is 0 Å². The average Bonchev–Trinajstić information content (AvgIpc) is 2.31. The van der Waals surface area contributed by atoms with E-state index in [4.69, 9.17) is 10.5 Å². The lowest BCUT2D eigenvalue weighted by atomic mass is 9.74. The molecule has 0 amide bonds. The number of nitrogens with zero attached hydrogens (tertiary/aromatic N) is 1. The molecule has 0 fully saturated rings. The topological polar surface area (TPSA) is 48.1 Å². The summed E-state index contributed by atoms with van der Waals surface area (Å²) in [5.74, 6) is 0.954. The lowest BCUT2D eigenvalue weighted by Gasteiger charge is -2.33. The third kappa shape index (κ3) is 3.21. The van der Waals surface area contributed by atoms with Crippen molar-refractivity contribution in [3.05, 3.63) is 34.7 Å². The van der Waals surface area contributed by atoms with Crippen LogP contribution >= 0.6 is 0 Å². The zero-order valence-corrected chi connectivity index (χ0v) is 13.3. The first-order chi connectivity index (χ1) is 9.32. The van der Waals surface area contributed by atoms with Crippen LogP contribution in [-0.2, 0) is 6.42 Å². The third-order valence-electron chi connectivity index (χ3n) is 4.09. The molecule has 3 nitrogen and oxygen atoms in total. The van der Waals surface area contributed by atoms with Crippen LogP contribution < -0.4 is 10.5 Å². The lowest BCUT2D eigenvalue weighted by molar-refractivity contribution is 0.299. The van der Waals surface area contributed by atoms with E-state index in [2.05, 4.69) is 31.8 Å². The number of pyridine rings is 1. The van der Waals surface area contributed by atoms with Gasteiger partial charge in [0.05, 0.1) is 12.8 Å². The SMILES string of the molecule is COc1c(C)cnc(CC2=CC(N)CC(C)(C)C2)c1C. The smallest absolute Gasteiger partial charge is 0.128 e. The second kappa shape index (κ2) is 5.57. The van der Waals surface area contributed by atoms with Crippen LogP contribution in [0.1, 0.15) is 43.5 Å². The summed E-state index contributed by atoms with van der Waals surface area (Å²) >= 11 is 0. The van der Waals surface area contributed by atoms with E-state index in [9.17, 15) is 0 Å². The van der Waals surface area contributed by atoms with E-state index >= 15 is 0 Å². The summed E-state index contributed by atoms with van der Waals surface area (Å²) in [6.07, 6.45) is 7.14. The van der Waals surface area contributed by atoms with Gasteiger partial charge in [0.15, 0.2) is 0 Å². The molecule has 1 aromatic heterocycles. The van der Waals surface area contributed by atoms with Gasteiger partial charge >= 0.3 is 0 Å². The first kappa shape index (κ1) is 15.0. The molecule has 1 atom stereocenters. The molecule has 1 unspecified atom stereocenters. The van der Waals surface area contributed by atoms with Gasteiger partial charge in [-0.25, -0.2) is 0 Å². The standard InChI is InChI=1S/C17H26N2O/c1-11-10-19-15(12(2)16(11)20-5)7-13-6-14(18)9-17(3,4)8-13/h6,10,14H,7-9,18H2,1-5H3. The van der Waals surface area contributed by atoms with E-state index < -0.39 is 0 Å². The highest BCUT2D eigenvalue weighted by Gasteiger charge is 2.27. The fourth-order valence-corrected chi connectivity index (χ4v) is 3.33. The molecule has 3 heteroatoms. The van der Waals surface area contributed by atoms with Crippen LogP contribution in [-0.4, -0.2) is 18.1 Å². The van der Waals surface area contributed by atoms with Gasteiger partial charge in [-0.1, -0.05) is 25.5 Å². The molecule has 1 aliphatic rings. The number of aryl methyl sites for hydroxylation is 1. The molecule has 20 heavy (non-hydrogen) atoms. The molecule has 0 spiro atoms. The molecule has 110 valence electrons. The summed E-state index contributed by atoms with van der Waals surface area (Å²) in [6, 6.07) is 0.168. The minimum atomic E-state index is 0.168. The predicted molar refractivity (Wildman–Crippen MR) is 83.0 cm³/mol. The van der Waals surface area contributed by atoms with Crippen molar-refractivity contribution in [3.8, 4) is 5.75 Å². The monoisotopic (exact) mass is 274 g/mol. The van der Waals surface area contributed by atoms with Gasteiger partial charge in [-0.2, -0.15) is 0 Å². The molecular formula is C17H26N2O. The normalized spacial score (nSPS) is 21.5. The van der Waals surface area contributed by atoms with Gasteiger partial charge in [0.2, 0.25) is 0 Å². The van der Waals surface area contributed by atoms with Gasteiger partial charge in [-0.05, 0) is 32.1 Å². The van der Waals surface area contributed by atoms with Gasteiger partial charge in [0.1, 0.15) is 5.75 Å². The summed E-state index contributed by atoms with van der Waals surface area (Å²) in [5, 5.41) is 0. The Labute approximate surface area is 122 Å². The Bertz CT molecular complexity index is 532. The van der Waals surface area contributed by atoms with Gasteiger partial charge in [-0.3, -0.25) is 4.98 Å². The van der Waals surface area contributed by atoms with Gasteiger partial charge < -0.3 is 10.5 Å². The quantitative estimate of drug-likeness (QED) is 0.860. The van der Waals surface area contributed by atoms with Crippen LogP contribution in [0, 0.1) is 19.3 Å². The highest BCUT2D eigenvalue weighted by Crippen LogP contribution is 2.36. The number of rotatable bonds is 3. The van der Waals surface area contributed by atoms with Crippen LogP contribution in [0.3, 0.4) is 0 Å². The Balaban J connectivity index is 2.27. The van der Waals surface area contributed by atoms with Crippen LogP contribution in [0.15, 0.2) is 17.8 Å². The zero-order chi connectivity index (χ0) is 14.9. The molecule has 1 heterocycles. The van der Waals surface area contributed by atoms with Crippen LogP contribution in [0.5, 0.6) is 5.75 Å². The molecule has 1 aromatic rings. The van der Waals surface area contributed by atoms with Crippen LogP contribution in [0.4, 0.5) is 0 Å². The average molecular weight is 274 g/mol. The summed E-state index contributed by atoms with van der Waals surface area (Å²) in [5.41, 5.74) is 11.2. The number of ether oxygens (including phenoxy) is 1. The lowest BCUT2D eigenvalue weighted by Crippen LogP contribution is -2.31. The molecule has 2 rings (SSSR count). The van der Waals surface area contributed by atoms with Gasteiger partial charge in [0, 0.05) is 29.8 Å². The minimum Gasteiger partial charge on any atom is -0.496 e. The fraction of sp³-hybridized carbons (Fsp3) is 0.588. The van der Waals surface area contributed by atoms with Crippen LogP contribution in [0.25, 0.3) is 0 Å². The summed E-state index contributed by atoms with van der Waals surface area (Å²) < 4.78 is 5.48. The largest absolute Gasteiger partial charge is 0.496 e. The van der Waals surface area contributed by atoms with E-state index in [0.29, 0.717) is 0 Å². The molecule has 0 bridgehead atoms. The van der Waals surface area contributed by atoms with E-state index in [-0.39, 0.29) is 11.5 Å². The van der Waals surface area contributed by atoms with E-state index in [0.717, 1.165) is 41.8 Å². The highest BCUT2D eigenvalue weighted by atomic mass is 16.5. The number of allylic oxidation sites excluding steroid dienone is 1. The van der Waals surface area contributed by atoms with Crippen molar-refractivity contribution in [2.75, 3.05) is 7.11 Å². The van der Waals surface area contributed by atoms with Crippen molar-refractivity contribution in [2.24, 2.45) is 11.1 Å². The summed E-state index contributed by atoms with van der Waals surface area (Å²) in [7, 11) is 1.72. The Kier molecular flexibility index (Phi) is 4.19. The Hall–Kier alpha value is -1.35. The van der Waals surface area contributed by atoms with E-state index in [1.54, 1.807) is 7.11 Å². The van der Waals surface area contributed by atoms with Gasteiger partial charge in [-0.15, -0.1) is 0 Å². The third-order valence-corrected chi connectivity index (χ3v) is 4.09. The second-order valence-corrected chi connectivity index (χ2v) is 6.76. The zero-order valence-electron chi connectivity index (χ0n) is 13.3. The number of aromatic nitrogens is 1. The number of nitrogens with two attached hydrogens (primary N) is 1. The van der Waals surface area contributed by atoms with E-state index in [1.807, 2.05) is 13.1 Å². The Morgan fingerprint density at radius 1 is 1.40 bits per heavy atom. The molecule has 0 aromatic carbocycles. The molecule has 0 saturated carbocycles. The van der Waals surface area contributed by atoms with Crippen molar-refractivity contribution < 1.29 is 4.74 Å². The molecule has 0 aliphatic heterocycles. The Morgan fingerprint density at radius 2 is 2.10 bits per heavy atom. The first-order valence-corrected chi connectivity index (χ1v) is 7.26. The first-order valence-electron chi connectivity index (χ1n) is 7.26. The number of hydrogen-bond donors (Lipinski definition) is 1. The van der Waals surface area contributed by atoms with Crippen molar-refractivity contribution >= 4 is 0 Å². The van der Waals surface area contributed by atoms with Crippen LogP contribution in [0.2, 0.25) is 0 Å². The molecule has 0 radical (unpaired) electrons. The summed E-state index contributed by atoms with van der Waals surface area (Å²) in [6.45, 7) is 8.69. The maximum atomic E-state index is 6.15. The predicted octanol–water partition coefficient (Wildman–Crippen LogP) is 3.32. The van der Waals surface area contributed by atoms with E-state index in [1.165, 1.54) is 5.57 Å². The Morgan fingerprint density at radius 3 is 2.70 bits per heavy atom. The van der Waals surface area contributed by atoms with Crippen molar-refractivity contribution in [3.63, 3.8) is 0 Å². The summed E-state index contributed by atoms with van der Waals surface area (Å²) in [4.78, 5) is 4.59. The molecule has 0 saturated heterocycles. The minimum absolute atomic E-state index is 0.168. The number of methoxy groups -OCH3 is 1. The maximum absolute atomic E-state index is 6.15. The second-order valence-electron chi connectivity index (χ2n) is 6.76. The highest BCUT2D eigenvalue weighted by molar-refractivity contribution is 5.42. The van der Waals surface area contributed by atoms with Crippen molar-refractivity contribution in [1.29, 1.82) is 0 Å². The number of hydrogen-bond acceptors (Lipinski definition) is 3.